The van der Waals surface area contributed by atoms with Crippen LogP contribution in [0.3, 0.4) is 0 Å². The van der Waals surface area contributed by atoms with Gasteiger partial charge in [0.25, 0.3) is 0 Å². The average molecular weight is 187 g/mol. The average Bonchev–Trinajstić information content (AvgIpc) is 2.45. The van der Waals surface area contributed by atoms with Crippen molar-refractivity contribution >= 4 is 28.8 Å². The van der Waals surface area contributed by atoms with E-state index in [9.17, 15) is 0 Å². The second-order valence-corrected chi connectivity index (χ2v) is 2.92. The van der Waals surface area contributed by atoms with Crippen LogP contribution >= 0.6 is 23.2 Å². The molecule has 2 aromatic rings. The van der Waals surface area contributed by atoms with E-state index in [1.54, 1.807) is 28.9 Å². The quantitative estimate of drug-likeness (QED) is 0.579. The largest absolute Gasteiger partial charge is 0.289 e. The summed E-state index contributed by atoms with van der Waals surface area (Å²) in [7, 11) is 0. The van der Waals surface area contributed by atoms with Crippen LogP contribution in [-0.4, -0.2) is 9.38 Å². The molecule has 2 aromatic heterocycles. The molecular weight excluding hydrogens is 183 g/mol. The molecule has 0 amide bonds. The van der Waals surface area contributed by atoms with Gasteiger partial charge in [-0.25, -0.2) is 4.98 Å². The number of rotatable bonds is 0. The highest BCUT2D eigenvalue weighted by atomic mass is 35.5. The molecule has 0 N–H and O–H groups in total. The van der Waals surface area contributed by atoms with Crippen LogP contribution in [0, 0.1) is 0 Å². The standard InChI is InChI=1S/C7H4Cl2N2/c8-5-1-2-6(9)11-4-3-10-7(5)11/h1-4H. The van der Waals surface area contributed by atoms with E-state index >= 15 is 0 Å². The summed E-state index contributed by atoms with van der Waals surface area (Å²) in [6.07, 6.45) is 3.43. The van der Waals surface area contributed by atoms with Crippen molar-refractivity contribution in [3.05, 3.63) is 34.7 Å². The number of hydrogen-bond acceptors (Lipinski definition) is 1. The molecule has 0 aliphatic carbocycles. The number of hydrogen-bond donors (Lipinski definition) is 0. The first-order valence-electron chi connectivity index (χ1n) is 3.06. The van der Waals surface area contributed by atoms with Gasteiger partial charge < -0.3 is 0 Å². The van der Waals surface area contributed by atoms with Crippen LogP contribution < -0.4 is 0 Å². The van der Waals surface area contributed by atoms with E-state index in [0.717, 1.165) is 0 Å². The summed E-state index contributed by atoms with van der Waals surface area (Å²) in [5.74, 6) is 0. The molecule has 2 heterocycles. The van der Waals surface area contributed by atoms with Gasteiger partial charge >= 0.3 is 0 Å². The zero-order chi connectivity index (χ0) is 7.84. The van der Waals surface area contributed by atoms with Gasteiger partial charge in [0.1, 0.15) is 5.15 Å². The van der Waals surface area contributed by atoms with Crippen molar-refractivity contribution in [3.8, 4) is 0 Å². The lowest BCUT2D eigenvalue weighted by Crippen LogP contribution is -1.84. The van der Waals surface area contributed by atoms with Crippen molar-refractivity contribution in [1.29, 1.82) is 0 Å². The fraction of sp³-hybridized carbons (Fsp3) is 0. The molecule has 11 heavy (non-hydrogen) atoms. The lowest BCUT2D eigenvalue weighted by molar-refractivity contribution is 1.19. The summed E-state index contributed by atoms with van der Waals surface area (Å²) >= 11 is 11.7. The normalized spacial score (nSPS) is 10.7. The van der Waals surface area contributed by atoms with E-state index in [2.05, 4.69) is 4.98 Å². The minimum absolute atomic E-state index is 0.611. The molecular formula is C7H4Cl2N2. The van der Waals surface area contributed by atoms with Gasteiger partial charge in [-0.15, -0.1) is 0 Å². The molecule has 2 rings (SSSR count). The van der Waals surface area contributed by atoms with Crippen LogP contribution in [0.1, 0.15) is 0 Å². The van der Waals surface area contributed by atoms with Crippen molar-refractivity contribution in [1.82, 2.24) is 9.38 Å². The van der Waals surface area contributed by atoms with Gasteiger partial charge in [-0.2, -0.15) is 0 Å². The Balaban J connectivity index is 2.96. The zero-order valence-electron chi connectivity index (χ0n) is 5.46. The van der Waals surface area contributed by atoms with Gasteiger partial charge in [-0.05, 0) is 12.1 Å². The van der Waals surface area contributed by atoms with Crippen LogP contribution in [0.2, 0.25) is 10.2 Å². The maximum absolute atomic E-state index is 5.83. The predicted molar refractivity (Wildman–Crippen MR) is 45.2 cm³/mol. The summed E-state index contributed by atoms with van der Waals surface area (Å²) in [6, 6.07) is 3.46. The van der Waals surface area contributed by atoms with Crippen molar-refractivity contribution in [2.45, 2.75) is 0 Å². The van der Waals surface area contributed by atoms with Gasteiger partial charge in [0, 0.05) is 12.4 Å². The van der Waals surface area contributed by atoms with Crippen LogP contribution in [0.25, 0.3) is 5.65 Å². The van der Waals surface area contributed by atoms with E-state index in [1.807, 2.05) is 0 Å². The SMILES string of the molecule is Clc1ccc(Cl)n2ccnc12. The fourth-order valence-electron chi connectivity index (χ4n) is 0.949. The predicted octanol–water partition coefficient (Wildman–Crippen LogP) is 2.64. The number of aromatic nitrogens is 2. The van der Waals surface area contributed by atoms with E-state index < -0.39 is 0 Å². The molecule has 0 aliphatic rings. The first-order chi connectivity index (χ1) is 5.29. The van der Waals surface area contributed by atoms with Crippen molar-refractivity contribution in [2.24, 2.45) is 0 Å². The number of imidazole rings is 1. The molecule has 2 nitrogen and oxygen atoms in total. The van der Waals surface area contributed by atoms with E-state index in [4.69, 9.17) is 23.2 Å². The highest BCUT2D eigenvalue weighted by Gasteiger charge is 2.01. The van der Waals surface area contributed by atoms with Crippen LogP contribution in [0.15, 0.2) is 24.5 Å². The zero-order valence-corrected chi connectivity index (χ0v) is 6.97. The second kappa shape index (κ2) is 2.40. The highest BCUT2D eigenvalue weighted by molar-refractivity contribution is 6.34. The Morgan fingerprint density at radius 2 is 2.09 bits per heavy atom. The van der Waals surface area contributed by atoms with Crippen LogP contribution in [-0.2, 0) is 0 Å². The molecule has 0 aromatic carbocycles. The molecule has 4 heteroatoms. The van der Waals surface area contributed by atoms with E-state index in [-0.39, 0.29) is 0 Å². The molecule has 0 unspecified atom stereocenters. The van der Waals surface area contributed by atoms with Crippen molar-refractivity contribution < 1.29 is 0 Å². The number of halogens is 2. The second-order valence-electron chi connectivity index (χ2n) is 2.12. The Labute approximate surface area is 73.4 Å². The molecule has 0 aliphatic heterocycles. The first-order valence-corrected chi connectivity index (χ1v) is 3.82. The maximum atomic E-state index is 5.83. The maximum Gasteiger partial charge on any atom is 0.156 e. The molecule has 0 spiro atoms. The molecule has 0 saturated carbocycles. The lowest BCUT2D eigenvalue weighted by atomic mass is 10.5. The Kier molecular flexibility index (Phi) is 1.51. The topological polar surface area (TPSA) is 17.3 Å². The van der Waals surface area contributed by atoms with Gasteiger partial charge in [0.15, 0.2) is 5.65 Å². The van der Waals surface area contributed by atoms with Crippen LogP contribution in [0.4, 0.5) is 0 Å². The highest BCUT2D eigenvalue weighted by Crippen LogP contribution is 2.19. The third-order valence-electron chi connectivity index (χ3n) is 1.45. The minimum atomic E-state index is 0.611. The number of fused-ring (bicyclic) bond motifs is 1. The molecule has 0 atom stereocenters. The molecule has 0 radical (unpaired) electrons. The van der Waals surface area contributed by atoms with Gasteiger partial charge in [-0.1, -0.05) is 23.2 Å². The van der Waals surface area contributed by atoms with Crippen molar-refractivity contribution in [2.75, 3.05) is 0 Å². The van der Waals surface area contributed by atoms with Crippen molar-refractivity contribution in [3.63, 3.8) is 0 Å². The lowest BCUT2D eigenvalue weighted by Gasteiger charge is -1.97. The summed E-state index contributed by atoms with van der Waals surface area (Å²) in [4.78, 5) is 4.03. The summed E-state index contributed by atoms with van der Waals surface area (Å²) in [5.41, 5.74) is 0.694. The Morgan fingerprint density at radius 3 is 2.82 bits per heavy atom. The minimum Gasteiger partial charge on any atom is -0.289 e. The monoisotopic (exact) mass is 186 g/mol. The van der Waals surface area contributed by atoms with E-state index in [0.29, 0.717) is 15.8 Å². The molecule has 0 saturated heterocycles. The molecule has 0 bridgehead atoms. The summed E-state index contributed by atoms with van der Waals surface area (Å²) in [6.45, 7) is 0. The third-order valence-corrected chi connectivity index (χ3v) is 2.05. The Morgan fingerprint density at radius 1 is 1.27 bits per heavy atom. The molecule has 0 fully saturated rings. The summed E-state index contributed by atoms with van der Waals surface area (Å²) in [5, 5.41) is 1.22. The Hall–Kier alpha value is -0.730. The fourth-order valence-corrected chi connectivity index (χ4v) is 1.35. The van der Waals surface area contributed by atoms with E-state index in [1.165, 1.54) is 0 Å². The van der Waals surface area contributed by atoms with Gasteiger partial charge in [-0.3, -0.25) is 4.40 Å². The van der Waals surface area contributed by atoms with Crippen LogP contribution in [0.5, 0.6) is 0 Å². The van der Waals surface area contributed by atoms with Gasteiger partial charge in [0.2, 0.25) is 0 Å². The summed E-state index contributed by atoms with van der Waals surface area (Å²) < 4.78 is 1.73. The first kappa shape index (κ1) is 6.95. The third kappa shape index (κ3) is 0.988. The van der Waals surface area contributed by atoms with Gasteiger partial charge in [0.05, 0.1) is 5.02 Å². The smallest absolute Gasteiger partial charge is 0.156 e. The number of nitrogens with zero attached hydrogens (tertiary/aromatic N) is 2. The molecule has 56 valence electrons. The number of pyridine rings is 1. The Bertz CT molecular complexity index is 358.